The highest BCUT2D eigenvalue weighted by Crippen LogP contribution is 2.14. The molecule has 22 heavy (non-hydrogen) atoms. The van der Waals surface area contributed by atoms with Crippen molar-refractivity contribution < 1.29 is 9.59 Å². The fraction of sp³-hybridized carbons (Fsp3) is 0.250. The van der Waals surface area contributed by atoms with Gasteiger partial charge < -0.3 is 11.1 Å². The van der Waals surface area contributed by atoms with Crippen LogP contribution in [-0.2, 0) is 11.3 Å². The van der Waals surface area contributed by atoms with Gasteiger partial charge in [-0.05, 0) is 49.7 Å². The topological polar surface area (TPSA) is 75.4 Å². The number of carbonyl (C=O) groups is 2. The average molecular weight is 317 g/mol. The smallest absolute Gasteiger partial charge is 0.248 e. The van der Waals surface area contributed by atoms with Crippen molar-refractivity contribution in [3.8, 4) is 0 Å². The summed E-state index contributed by atoms with van der Waals surface area (Å²) in [5.74, 6) is -0.576. The van der Waals surface area contributed by atoms with Crippen molar-refractivity contribution in [2.24, 2.45) is 5.73 Å². The second kappa shape index (κ2) is 7.20. The van der Waals surface area contributed by atoms with Gasteiger partial charge in [0.05, 0.1) is 6.04 Å². The summed E-state index contributed by atoms with van der Waals surface area (Å²) in [6.07, 6.45) is 0. The molecule has 0 aliphatic carbocycles. The van der Waals surface area contributed by atoms with Crippen LogP contribution >= 0.6 is 11.3 Å². The van der Waals surface area contributed by atoms with E-state index in [0.717, 1.165) is 6.54 Å². The minimum Gasteiger partial charge on any atom is -0.366 e. The molecule has 2 rings (SSSR count). The molecule has 6 heteroatoms. The molecule has 2 amide bonds. The fourth-order valence-corrected chi connectivity index (χ4v) is 2.72. The number of anilines is 1. The van der Waals surface area contributed by atoms with Crippen LogP contribution in [0.5, 0.6) is 0 Å². The molecule has 0 radical (unpaired) electrons. The quantitative estimate of drug-likeness (QED) is 0.858. The monoisotopic (exact) mass is 317 g/mol. The number of hydrogen-bond donors (Lipinski definition) is 2. The van der Waals surface area contributed by atoms with Crippen LogP contribution in [0.25, 0.3) is 0 Å². The number of primary amides is 1. The first-order valence-electron chi connectivity index (χ1n) is 6.90. The maximum atomic E-state index is 12.3. The highest BCUT2D eigenvalue weighted by molar-refractivity contribution is 7.09. The molecule has 1 aromatic carbocycles. The van der Waals surface area contributed by atoms with Crippen LogP contribution in [0, 0.1) is 0 Å². The molecule has 0 fully saturated rings. The molecule has 2 aromatic rings. The fourth-order valence-electron chi connectivity index (χ4n) is 1.95. The van der Waals surface area contributed by atoms with Crippen molar-refractivity contribution in [3.05, 3.63) is 52.2 Å². The Morgan fingerprint density at radius 2 is 1.95 bits per heavy atom. The molecule has 0 saturated heterocycles. The van der Waals surface area contributed by atoms with E-state index in [9.17, 15) is 9.59 Å². The van der Waals surface area contributed by atoms with Gasteiger partial charge in [-0.2, -0.15) is 0 Å². The van der Waals surface area contributed by atoms with Crippen LogP contribution in [0.4, 0.5) is 5.69 Å². The van der Waals surface area contributed by atoms with Gasteiger partial charge in [-0.25, -0.2) is 0 Å². The number of likely N-dealkylation sites (N-methyl/N-ethyl adjacent to an activating group) is 1. The highest BCUT2D eigenvalue weighted by Gasteiger charge is 2.18. The zero-order chi connectivity index (χ0) is 16.1. The van der Waals surface area contributed by atoms with Gasteiger partial charge in [0.25, 0.3) is 0 Å². The maximum Gasteiger partial charge on any atom is 0.248 e. The van der Waals surface area contributed by atoms with Gasteiger partial charge in [0.15, 0.2) is 0 Å². The molecular weight excluding hydrogens is 298 g/mol. The van der Waals surface area contributed by atoms with E-state index in [2.05, 4.69) is 5.32 Å². The summed E-state index contributed by atoms with van der Waals surface area (Å²) >= 11 is 1.67. The number of carbonyl (C=O) groups excluding carboxylic acids is 2. The van der Waals surface area contributed by atoms with Crippen molar-refractivity contribution in [1.82, 2.24) is 4.90 Å². The van der Waals surface area contributed by atoms with Gasteiger partial charge in [-0.15, -0.1) is 11.3 Å². The number of amides is 2. The molecule has 1 atom stereocenters. The molecule has 0 bridgehead atoms. The highest BCUT2D eigenvalue weighted by atomic mass is 32.1. The van der Waals surface area contributed by atoms with E-state index >= 15 is 0 Å². The summed E-state index contributed by atoms with van der Waals surface area (Å²) in [5.41, 5.74) is 6.25. The Hall–Kier alpha value is -2.18. The van der Waals surface area contributed by atoms with Crippen molar-refractivity contribution in [2.45, 2.75) is 19.5 Å². The number of hydrogen-bond acceptors (Lipinski definition) is 4. The predicted octanol–water partition coefficient (Wildman–Crippen LogP) is 2.31. The Balaban J connectivity index is 1.94. The molecule has 1 heterocycles. The second-order valence-electron chi connectivity index (χ2n) is 5.10. The van der Waals surface area contributed by atoms with E-state index in [-0.39, 0.29) is 11.9 Å². The van der Waals surface area contributed by atoms with Crippen molar-refractivity contribution in [3.63, 3.8) is 0 Å². The summed E-state index contributed by atoms with van der Waals surface area (Å²) in [6.45, 7) is 2.59. The largest absolute Gasteiger partial charge is 0.366 e. The van der Waals surface area contributed by atoms with Crippen LogP contribution in [0.2, 0.25) is 0 Å². The minimum absolute atomic E-state index is 0.0918. The van der Waals surface area contributed by atoms with Gasteiger partial charge >= 0.3 is 0 Å². The molecular formula is C16H19N3O2S. The van der Waals surface area contributed by atoms with Gasteiger partial charge in [0.1, 0.15) is 0 Å². The van der Waals surface area contributed by atoms with E-state index in [0.29, 0.717) is 11.3 Å². The van der Waals surface area contributed by atoms with E-state index < -0.39 is 5.91 Å². The molecule has 0 spiro atoms. The van der Waals surface area contributed by atoms with E-state index in [4.69, 9.17) is 5.73 Å². The molecule has 0 aliphatic rings. The van der Waals surface area contributed by atoms with E-state index in [1.165, 1.54) is 4.88 Å². The number of nitrogens with one attached hydrogen (secondary N) is 1. The van der Waals surface area contributed by atoms with Crippen LogP contribution in [0.1, 0.15) is 22.2 Å². The maximum absolute atomic E-state index is 12.3. The lowest BCUT2D eigenvalue weighted by molar-refractivity contribution is -0.120. The molecule has 3 N–H and O–H groups in total. The standard InChI is InChI=1S/C16H19N3O2S/c1-11(19(2)10-14-4-3-9-22-14)16(21)18-13-7-5-12(6-8-13)15(17)20/h3-9,11H,10H2,1-2H3,(H2,17,20)(H,18,21)/t11-/m1/s1. The van der Waals surface area contributed by atoms with Crippen molar-refractivity contribution in [2.75, 3.05) is 12.4 Å². The number of benzene rings is 1. The van der Waals surface area contributed by atoms with Gasteiger partial charge in [0.2, 0.25) is 11.8 Å². The van der Waals surface area contributed by atoms with Gasteiger partial charge in [-0.3, -0.25) is 14.5 Å². The Labute approximate surface area is 133 Å². The Bertz CT molecular complexity index is 638. The first-order chi connectivity index (χ1) is 10.5. The lowest BCUT2D eigenvalue weighted by Gasteiger charge is -2.23. The molecule has 0 aliphatic heterocycles. The summed E-state index contributed by atoms with van der Waals surface area (Å²) in [5, 5.41) is 4.86. The van der Waals surface area contributed by atoms with Crippen LogP contribution in [0.3, 0.4) is 0 Å². The SMILES string of the molecule is C[C@H](C(=O)Nc1ccc(C(N)=O)cc1)N(C)Cc1cccs1. The molecule has 5 nitrogen and oxygen atoms in total. The van der Waals surface area contributed by atoms with Crippen molar-refractivity contribution >= 4 is 28.8 Å². The summed E-state index contributed by atoms with van der Waals surface area (Å²) in [7, 11) is 1.92. The summed E-state index contributed by atoms with van der Waals surface area (Å²) in [6, 6.07) is 10.3. The van der Waals surface area contributed by atoms with Crippen LogP contribution in [-0.4, -0.2) is 29.8 Å². The summed E-state index contributed by atoms with van der Waals surface area (Å²) in [4.78, 5) is 26.5. The van der Waals surface area contributed by atoms with Crippen molar-refractivity contribution in [1.29, 1.82) is 0 Å². The van der Waals surface area contributed by atoms with Crippen LogP contribution in [0.15, 0.2) is 41.8 Å². The Morgan fingerprint density at radius 1 is 1.27 bits per heavy atom. The van der Waals surface area contributed by atoms with E-state index in [1.807, 2.05) is 36.4 Å². The molecule has 0 saturated carbocycles. The minimum atomic E-state index is -0.484. The van der Waals surface area contributed by atoms with Crippen LogP contribution < -0.4 is 11.1 Å². The lowest BCUT2D eigenvalue weighted by atomic mass is 10.2. The number of thiophene rings is 1. The van der Waals surface area contributed by atoms with Gasteiger partial charge in [-0.1, -0.05) is 6.07 Å². The Morgan fingerprint density at radius 3 is 2.50 bits per heavy atom. The van der Waals surface area contributed by atoms with Gasteiger partial charge in [0, 0.05) is 22.7 Å². The molecule has 1 aromatic heterocycles. The van der Waals surface area contributed by atoms with E-state index in [1.54, 1.807) is 35.6 Å². The zero-order valence-corrected chi connectivity index (χ0v) is 13.4. The number of rotatable bonds is 6. The lowest BCUT2D eigenvalue weighted by Crippen LogP contribution is -2.39. The Kier molecular flexibility index (Phi) is 5.30. The number of nitrogens with zero attached hydrogens (tertiary/aromatic N) is 1. The number of nitrogens with two attached hydrogens (primary N) is 1. The average Bonchev–Trinajstić information content (AvgIpc) is 2.99. The second-order valence-corrected chi connectivity index (χ2v) is 6.13. The summed E-state index contributed by atoms with van der Waals surface area (Å²) < 4.78 is 0. The third-order valence-corrected chi connectivity index (χ3v) is 4.32. The third-order valence-electron chi connectivity index (χ3n) is 3.46. The first-order valence-corrected chi connectivity index (χ1v) is 7.78. The molecule has 116 valence electrons. The zero-order valence-electron chi connectivity index (χ0n) is 12.6. The third kappa shape index (κ3) is 4.16. The predicted molar refractivity (Wildman–Crippen MR) is 88.8 cm³/mol. The normalized spacial score (nSPS) is 12.1. The molecule has 0 unspecified atom stereocenters. The first kappa shape index (κ1) is 16.2.